The fraction of sp³-hybridized carbons (Fsp3) is 0.455. The first kappa shape index (κ1) is 13.0. The fourth-order valence-corrected chi connectivity index (χ4v) is 2.75. The van der Waals surface area contributed by atoms with Gasteiger partial charge in [0.05, 0.1) is 17.4 Å². The van der Waals surface area contributed by atoms with E-state index in [-0.39, 0.29) is 5.75 Å². The van der Waals surface area contributed by atoms with Crippen molar-refractivity contribution in [1.29, 1.82) is 0 Å². The van der Waals surface area contributed by atoms with Crippen molar-refractivity contribution >= 4 is 31.3 Å². The van der Waals surface area contributed by atoms with Crippen LogP contribution in [0.3, 0.4) is 0 Å². The minimum absolute atomic E-state index is 0.284. The summed E-state index contributed by atoms with van der Waals surface area (Å²) >= 11 is 6.07. The van der Waals surface area contributed by atoms with Crippen molar-refractivity contribution in [3.05, 3.63) is 28.8 Å². The Hall–Kier alpha value is -0.450. The Bertz CT molecular complexity index is 509. The minimum atomic E-state index is -3.60. The normalized spacial score (nSPS) is 15.9. The topological polar surface area (TPSA) is 43.4 Å². The molecule has 94 valence electrons. The lowest BCUT2D eigenvalue weighted by molar-refractivity contribution is 0.300. The predicted octanol–water partition coefficient (Wildman–Crippen LogP) is 3.20. The molecule has 17 heavy (non-hydrogen) atoms. The first-order valence-corrected chi connectivity index (χ1v) is 8.14. The molecule has 1 aliphatic rings. The summed E-state index contributed by atoms with van der Waals surface area (Å²) in [5, 5.41) is 0.331. The Kier molecular flexibility index (Phi) is 3.85. The van der Waals surface area contributed by atoms with Crippen LogP contribution in [-0.2, 0) is 14.8 Å². The maximum absolute atomic E-state index is 11.0. The highest BCUT2D eigenvalue weighted by Crippen LogP contribution is 2.33. The zero-order valence-electron chi connectivity index (χ0n) is 9.03. The molecule has 1 saturated carbocycles. The van der Waals surface area contributed by atoms with Crippen molar-refractivity contribution in [2.75, 3.05) is 6.61 Å². The van der Waals surface area contributed by atoms with Crippen molar-refractivity contribution in [1.82, 2.24) is 0 Å². The molecule has 0 radical (unpaired) electrons. The Morgan fingerprint density at radius 3 is 2.65 bits per heavy atom. The number of ether oxygens (including phenoxy) is 1. The zero-order valence-corrected chi connectivity index (χ0v) is 11.4. The summed E-state index contributed by atoms with van der Waals surface area (Å²) in [5.74, 6) is 0.858. The molecule has 0 heterocycles. The van der Waals surface area contributed by atoms with Gasteiger partial charge in [-0.1, -0.05) is 23.7 Å². The van der Waals surface area contributed by atoms with E-state index in [1.54, 1.807) is 18.2 Å². The standard InChI is InChI=1S/C11H12Cl2O3S/c12-11-9(7-17(13,14)15)2-1-3-10(11)16-6-8-4-5-8/h1-3,8H,4-7H2. The Morgan fingerprint density at radius 2 is 2.06 bits per heavy atom. The maximum atomic E-state index is 11.0. The Morgan fingerprint density at radius 1 is 1.35 bits per heavy atom. The summed E-state index contributed by atoms with van der Waals surface area (Å²) in [6.07, 6.45) is 2.38. The molecular formula is C11H12Cl2O3S. The van der Waals surface area contributed by atoms with E-state index in [0.717, 1.165) is 0 Å². The Balaban J connectivity index is 2.13. The monoisotopic (exact) mass is 294 g/mol. The van der Waals surface area contributed by atoms with Gasteiger partial charge in [-0.2, -0.15) is 0 Å². The Labute approximate surface area is 110 Å². The van der Waals surface area contributed by atoms with Gasteiger partial charge in [-0.3, -0.25) is 0 Å². The highest BCUT2D eigenvalue weighted by atomic mass is 35.7. The second kappa shape index (κ2) is 5.04. The summed E-state index contributed by atoms with van der Waals surface area (Å²) in [6.45, 7) is 0.636. The van der Waals surface area contributed by atoms with Gasteiger partial charge in [0.15, 0.2) is 0 Å². The smallest absolute Gasteiger partial charge is 0.236 e. The zero-order chi connectivity index (χ0) is 12.5. The van der Waals surface area contributed by atoms with Gasteiger partial charge in [0.2, 0.25) is 9.05 Å². The van der Waals surface area contributed by atoms with E-state index in [4.69, 9.17) is 27.0 Å². The first-order valence-electron chi connectivity index (χ1n) is 5.28. The molecule has 0 saturated heterocycles. The van der Waals surface area contributed by atoms with Crippen molar-refractivity contribution in [2.24, 2.45) is 5.92 Å². The predicted molar refractivity (Wildman–Crippen MR) is 68.1 cm³/mol. The van der Waals surface area contributed by atoms with E-state index in [2.05, 4.69) is 0 Å². The van der Waals surface area contributed by atoms with E-state index in [1.807, 2.05) is 0 Å². The van der Waals surface area contributed by atoms with Gasteiger partial charge in [-0.05, 0) is 30.4 Å². The van der Waals surface area contributed by atoms with E-state index in [0.29, 0.717) is 28.9 Å². The molecule has 1 aliphatic carbocycles. The van der Waals surface area contributed by atoms with E-state index >= 15 is 0 Å². The van der Waals surface area contributed by atoms with Gasteiger partial charge in [-0.25, -0.2) is 8.42 Å². The van der Waals surface area contributed by atoms with Crippen LogP contribution in [-0.4, -0.2) is 15.0 Å². The van der Waals surface area contributed by atoms with Crippen LogP contribution in [0.15, 0.2) is 18.2 Å². The lowest BCUT2D eigenvalue weighted by atomic mass is 10.2. The van der Waals surface area contributed by atoms with Crippen LogP contribution in [0.1, 0.15) is 18.4 Å². The van der Waals surface area contributed by atoms with Gasteiger partial charge in [0, 0.05) is 10.7 Å². The van der Waals surface area contributed by atoms with Crippen molar-refractivity contribution in [3.63, 3.8) is 0 Å². The molecule has 0 spiro atoms. The minimum Gasteiger partial charge on any atom is -0.492 e. The van der Waals surface area contributed by atoms with Gasteiger partial charge in [0.25, 0.3) is 0 Å². The number of hydrogen-bond acceptors (Lipinski definition) is 3. The SMILES string of the molecule is O=S(=O)(Cl)Cc1cccc(OCC2CC2)c1Cl. The molecule has 0 amide bonds. The molecular weight excluding hydrogens is 283 g/mol. The third-order valence-corrected chi connectivity index (χ3v) is 3.95. The summed E-state index contributed by atoms with van der Waals surface area (Å²) in [6, 6.07) is 5.08. The van der Waals surface area contributed by atoms with Crippen LogP contribution in [0, 0.1) is 5.92 Å². The van der Waals surface area contributed by atoms with Crippen LogP contribution in [0.25, 0.3) is 0 Å². The lowest BCUT2D eigenvalue weighted by Gasteiger charge is -2.10. The second-order valence-corrected chi connectivity index (χ2v) is 7.32. The summed E-state index contributed by atoms with van der Waals surface area (Å²) in [7, 11) is 1.60. The molecule has 0 atom stereocenters. The quantitative estimate of drug-likeness (QED) is 0.783. The van der Waals surface area contributed by atoms with Gasteiger partial charge >= 0.3 is 0 Å². The second-order valence-electron chi connectivity index (χ2n) is 4.17. The highest BCUT2D eigenvalue weighted by molar-refractivity contribution is 8.13. The molecule has 0 N–H and O–H groups in total. The average Bonchev–Trinajstić information content (AvgIpc) is 3.01. The number of hydrogen-bond donors (Lipinski definition) is 0. The summed E-state index contributed by atoms with van der Waals surface area (Å²) < 4.78 is 27.6. The molecule has 0 unspecified atom stereocenters. The van der Waals surface area contributed by atoms with Gasteiger partial charge in [-0.15, -0.1) is 0 Å². The number of halogens is 2. The third-order valence-electron chi connectivity index (χ3n) is 2.54. The van der Waals surface area contributed by atoms with Gasteiger partial charge in [0.1, 0.15) is 5.75 Å². The van der Waals surface area contributed by atoms with Crippen molar-refractivity contribution < 1.29 is 13.2 Å². The lowest BCUT2D eigenvalue weighted by Crippen LogP contribution is -2.02. The maximum Gasteiger partial charge on any atom is 0.236 e. The average molecular weight is 295 g/mol. The van der Waals surface area contributed by atoms with Crippen molar-refractivity contribution in [3.8, 4) is 5.75 Å². The van der Waals surface area contributed by atoms with Crippen LogP contribution in [0.5, 0.6) is 5.75 Å². The number of rotatable bonds is 5. The van der Waals surface area contributed by atoms with E-state index in [1.165, 1.54) is 12.8 Å². The molecule has 0 aliphatic heterocycles. The van der Waals surface area contributed by atoms with Crippen molar-refractivity contribution in [2.45, 2.75) is 18.6 Å². The summed E-state index contributed by atoms with van der Waals surface area (Å²) in [5.41, 5.74) is 0.468. The van der Waals surface area contributed by atoms with E-state index in [9.17, 15) is 8.42 Å². The van der Waals surface area contributed by atoms with Crippen LogP contribution < -0.4 is 4.74 Å². The molecule has 3 nitrogen and oxygen atoms in total. The number of benzene rings is 1. The van der Waals surface area contributed by atoms with Crippen LogP contribution in [0.4, 0.5) is 0 Å². The van der Waals surface area contributed by atoms with Gasteiger partial charge < -0.3 is 4.74 Å². The fourth-order valence-electron chi connectivity index (χ4n) is 1.46. The molecule has 1 fully saturated rings. The molecule has 2 rings (SSSR count). The molecule has 6 heteroatoms. The highest BCUT2D eigenvalue weighted by Gasteiger charge is 2.22. The van der Waals surface area contributed by atoms with Crippen LogP contribution >= 0.6 is 22.3 Å². The first-order chi connectivity index (χ1) is 7.96. The molecule has 1 aromatic carbocycles. The summed E-state index contributed by atoms with van der Waals surface area (Å²) in [4.78, 5) is 0. The molecule has 0 bridgehead atoms. The van der Waals surface area contributed by atoms with E-state index < -0.39 is 9.05 Å². The largest absolute Gasteiger partial charge is 0.492 e. The van der Waals surface area contributed by atoms with Crippen LogP contribution in [0.2, 0.25) is 5.02 Å². The third kappa shape index (κ3) is 4.05. The molecule has 1 aromatic rings. The molecule has 0 aromatic heterocycles.